The molecule has 22 heavy (non-hydrogen) atoms. The van der Waals surface area contributed by atoms with E-state index in [0.717, 1.165) is 12.8 Å². The molecule has 1 radical (unpaired) electrons. The lowest BCUT2D eigenvalue weighted by Crippen LogP contribution is -2.57. The van der Waals surface area contributed by atoms with Gasteiger partial charge in [0.1, 0.15) is 6.17 Å². The van der Waals surface area contributed by atoms with Crippen molar-refractivity contribution < 1.29 is 9.15 Å². The number of halogens is 1. The monoisotopic (exact) mass is 324 g/mol. The van der Waals surface area contributed by atoms with Gasteiger partial charge in [-0.3, -0.25) is 0 Å². The van der Waals surface area contributed by atoms with Crippen molar-refractivity contribution in [1.82, 2.24) is 20.2 Å². The van der Waals surface area contributed by atoms with E-state index in [2.05, 4.69) is 15.2 Å². The van der Waals surface area contributed by atoms with Gasteiger partial charge in [0, 0.05) is 13.1 Å². The summed E-state index contributed by atoms with van der Waals surface area (Å²) in [6, 6.07) is -0.147. The maximum absolute atomic E-state index is 14.9. The molecule has 2 saturated heterocycles. The van der Waals surface area contributed by atoms with Crippen LogP contribution in [0.25, 0.3) is 0 Å². The van der Waals surface area contributed by atoms with Gasteiger partial charge in [-0.2, -0.15) is 5.06 Å². The Morgan fingerprint density at radius 3 is 2.91 bits per heavy atom. The van der Waals surface area contributed by atoms with Crippen molar-refractivity contribution in [2.24, 2.45) is 0 Å². The Morgan fingerprint density at radius 2 is 2.27 bits per heavy atom. The van der Waals surface area contributed by atoms with Gasteiger partial charge in [-0.05, 0) is 25.5 Å². The number of hydrogen-bond donors (Lipinski definition) is 0. The van der Waals surface area contributed by atoms with Crippen LogP contribution >= 0.6 is 11.8 Å². The molecule has 119 valence electrons. The Bertz CT molecular complexity index is 510. The van der Waals surface area contributed by atoms with Gasteiger partial charge in [0.25, 0.3) is 0 Å². The summed E-state index contributed by atoms with van der Waals surface area (Å²) in [5, 5.41) is 10.6. The topological polar surface area (TPSA) is 54.4 Å². The maximum Gasteiger partial charge on any atom is 0.321 e. The predicted molar refractivity (Wildman–Crippen MR) is 84.7 cm³/mol. The van der Waals surface area contributed by atoms with Crippen LogP contribution in [-0.4, -0.2) is 65.3 Å². The minimum Gasteiger partial charge on any atom is -0.366 e. The van der Waals surface area contributed by atoms with Crippen LogP contribution < -0.4 is 4.90 Å². The number of hydroxylamine groups is 2. The van der Waals surface area contributed by atoms with Crippen molar-refractivity contribution in [2.45, 2.75) is 55.5 Å². The van der Waals surface area contributed by atoms with E-state index >= 15 is 0 Å². The molecule has 2 bridgehead atoms. The van der Waals surface area contributed by atoms with Crippen LogP contribution in [0, 0.1) is 0 Å². The predicted octanol–water partition coefficient (Wildman–Crippen LogP) is 1.57. The Labute approximate surface area is 135 Å². The van der Waals surface area contributed by atoms with E-state index in [4.69, 9.17) is 4.76 Å². The van der Waals surface area contributed by atoms with Crippen LogP contribution in [0.4, 0.5) is 10.2 Å². The molecule has 0 amide bonds. The first-order valence-electron chi connectivity index (χ1n) is 7.49. The zero-order valence-electron chi connectivity index (χ0n) is 13.0. The number of hydrogen-bond acceptors (Lipinski definition) is 7. The summed E-state index contributed by atoms with van der Waals surface area (Å²) in [4.78, 5) is 6.09. The third kappa shape index (κ3) is 2.81. The summed E-state index contributed by atoms with van der Waals surface area (Å²) in [5.41, 5.74) is 0. The molecule has 6 nitrogen and oxygen atoms in total. The molecule has 4 atom stereocenters. The van der Waals surface area contributed by atoms with Crippen molar-refractivity contribution in [3.05, 3.63) is 6.20 Å². The van der Waals surface area contributed by atoms with Gasteiger partial charge < -0.3 is 9.65 Å². The van der Waals surface area contributed by atoms with E-state index in [1.165, 1.54) is 11.8 Å². The molecule has 3 heterocycles. The Kier molecular flexibility index (Phi) is 4.84. The fourth-order valence-electron chi connectivity index (χ4n) is 3.42. The van der Waals surface area contributed by atoms with Gasteiger partial charge in [-0.25, -0.2) is 9.37 Å². The number of thioether (sulfide) groups is 1. The standard InChI is InChI=1S/C13H20BFN5OS/c1-14-21-20-8-4-5-9(20)12(15)10(6-8)19(2)11-7-16-13(22-3)18-17-11/h7-10,12H,4-6H2,1-3H3/t8-,9+,10-,12+/m0/s1. The largest absolute Gasteiger partial charge is 0.366 e. The van der Waals surface area contributed by atoms with Crippen LogP contribution in [0.3, 0.4) is 0 Å². The molecular weight excluding hydrogens is 304 g/mol. The number of piperidine rings is 1. The summed E-state index contributed by atoms with van der Waals surface area (Å²) >= 11 is 1.44. The molecule has 0 saturated carbocycles. The molecule has 3 rings (SSSR count). The second-order valence-corrected chi connectivity index (χ2v) is 6.43. The number of rotatable bonds is 5. The first-order valence-corrected chi connectivity index (χ1v) is 8.71. The highest BCUT2D eigenvalue weighted by molar-refractivity contribution is 7.98. The molecule has 2 aliphatic heterocycles. The molecule has 0 spiro atoms. The van der Waals surface area contributed by atoms with Crippen molar-refractivity contribution in [1.29, 1.82) is 0 Å². The lowest BCUT2D eigenvalue weighted by molar-refractivity contribution is -0.144. The highest BCUT2D eigenvalue weighted by atomic mass is 32.2. The van der Waals surface area contributed by atoms with E-state index in [9.17, 15) is 4.39 Å². The molecular formula is C13H20BFN5OS. The van der Waals surface area contributed by atoms with E-state index in [1.807, 2.05) is 30.1 Å². The molecule has 9 heteroatoms. The average Bonchev–Trinajstić information content (AvgIpc) is 2.85. The number of alkyl halides is 1. The molecule has 2 aliphatic rings. The van der Waals surface area contributed by atoms with Crippen LogP contribution in [-0.2, 0) is 4.76 Å². The summed E-state index contributed by atoms with van der Waals surface area (Å²) in [6.45, 7) is 1.82. The van der Waals surface area contributed by atoms with E-state index < -0.39 is 6.17 Å². The summed E-state index contributed by atoms with van der Waals surface area (Å²) < 4.78 is 20.5. The van der Waals surface area contributed by atoms with Crippen LogP contribution in [0.2, 0.25) is 6.82 Å². The Morgan fingerprint density at radius 1 is 1.45 bits per heavy atom. The molecule has 1 aromatic rings. The van der Waals surface area contributed by atoms with Crippen molar-refractivity contribution in [3.8, 4) is 0 Å². The Balaban J connectivity index is 1.74. The van der Waals surface area contributed by atoms with Gasteiger partial charge in [-0.15, -0.1) is 10.2 Å². The average molecular weight is 324 g/mol. The molecule has 2 fully saturated rings. The second kappa shape index (κ2) is 6.68. The normalized spacial score (nSPS) is 31.3. The maximum atomic E-state index is 14.9. The zero-order valence-corrected chi connectivity index (χ0v) is 13.8. The lowest BCUT2D eigenvalue weighted by Gasteiger charge is -2.43. The number of aromatic nitrogens is 3. The third-order valence-electron chi connectivity index (χ3n) is 4.53. The van der Waals surface area contributed by atoms with E-state index in [0.29, 0.717) is 17.4 Å². The third-order valence-corrected chi connectivity index (χ3v) is 5.08. The highest BCUT2D eigenvalue weighted by Crippen LogP contribution is 2.39. The van der Waals surface area contributed by atoms with E-state index in [-0.39, 0.29) is 18.1 Å². The smallest absolute Gasteiger partial charge is 0.321 e. The summed E-state index contributed by atoms with van der Waals surface area (Å²) in [7, 11) is 3.49. The SMILES string of the molecule is C[B]ON1[C@H]2CC[C@@H]1[C@@H](F)[C@@H](N(C)c1cnc(SC)nn1)C2. The van der Waals surface area contributed by atoms with Crippen LogP contribution in [0.5, 0.6) is 0 Å². The molecule has 0 aliphatic carbocycles. The quantitative estimate of drug-likeness (QED) is 0.602. The molecule has 0 aromatic carbocycles. The summed E-state index contributed by atoms with van der Waals surface area (Å²) in [6.07, 6.45) is 5.10. The number of anilines is 1. The van der Waals surface area contributed by atoms with Crippen LogP contribution in [0.15, 0.2) is 11.4 Å². The number of nitrogens with zero attached hydrogens (tertiary/aromatic N) is 5. The minimum absolute atomic E-state index is 0.186. The van der Waals surface area contributed by atoms with Crippen molar-refractivity contribution in [3.63, 3.8) is 0 Å². The fourth-order valence-corrected chi connectivity index (χ4v) is 3.70. The fraction of sp³-hybridized carbons (Fsp3) is 0.769. The van der Waals surface area contributed by atoms with Gasteiger partial charge in [-0.1, -0.05) is 18.6 Å². The van der Waals surface area contributed by atoms with Crippen LogP contribution in [0.1, 0.15) is 19.3 Å². The van der Waals surface area contributed by atoms with Crippen molar-refractivity contribution in [2.75, 3.05) is 18.2 Å². The first kappa shape index (κ1) is 16.0. The number of fused-ring (bicyclic) bond motifs is 2. The summed E-state index contributed by atoms with van der Waals surface area (Å²) in [5.74, 6) is 0.612. The van der Waals surface area contributed by atoms with E-state index in [1.54, 1.807) is 13.7 Å². The molecule has 1 aromatic heterocycles. The Hall–Kier alpha value is -0.925. The van der Waals surface area contributed by atoms with Crippen molar-refractivity contribution >= 4 is 25.1 Å². The van der Waals surface area contributed by atoms with Gasteiger partial charge in [0.15, 0.2) is 5.82 Å². The molecule has 0 unspecified atom stereocenters. The lowest BCUT2D eigenvalue weighted by atomic mass is 9.95. The highest BCUT2D eigenvalue weighted by Gasteiger charge is 2.49. The zero-order chi connectivity index (χ0) is 15.7. The molecule has 0 N–H and O–H groups in total. The van der Waals surface area contributed by atoms with Gasteiger partial charge in [0.2, 0.25) is 5.16 Å². The minimum atomic E-state index is -0.981. The second-order valence-electron chi connectivity index (χ2n) is 5.66. The first-order chi connectivity index (χ1) is 10.7. The van der Waals surface area contributed by atoms with Gasteiger partial charge in [0.05, 0.1) is 18.3 Å². The van der Waals surface area contributed by atoms with Gasteiger partial charge >= 0.3 is 7.48 Å².